The van der Waals surface area contributed by atoms with Crippen LogP contribution in [0.25, 0.3) is 17.4 Å². The average Bonchev–Trinajstić information content (AvgIpc) is 3.17. The molecule has 3 rings (SSSR count). The minimum atomic E-state index is -0.188. The van der Waals surface area contributed by atoms with Crippen molar-refractivity contribution >= 4 is 29.3 Å². The molecule has 1 aromatic heterocycles. The number of furan rings is 1. The highest BCUT2D eigenvalue weighted by Gasteiger charge is 2.10. The van der Waals surface area contributed by atoms with E-state index in [2.05, 4.69) is 25.2 Å². The first-order valence-corrected chi connectivity index (χ1v) is 9.80. The molecule has 0 saturated carbocycles. The Morgan fingerprint density at radius 1 is 1.18 bits per heavy atom. The number of nitrogens with one attached hydrogen (secondary N) is 1. The number of rotatable bonds is 6. The van der Waals surface area contributed by atoms with Crippen molar-refractivity contribution < 1.29 is 9.21 Å². The van der Waals surface area contributed by atoms with Crippen molar-refractivity contribution in [2.75, 3.05) is 5.32 Å². The van der Waals surface area contributed by atoms with Crippen LogP contribution in [0.15, 0.2) is 65.1 Å². The van der Waals surface area contributed by atoms with Crippen molar-refractivity contribution in [1.29, 1.82) is 0 Å². The molecule has 1 N–H and O–H groups in total. The van der Waals surface area contributed by atoms with Gasteiger partial charge in [0.15, 0.2) is 0 Å². The van der Waals surface area contributed by atoms with Gasteiger partial charge in [0.1, 0.15) is 11.5 Å². The number of carbonyl (C=O) groups is 1. The second kappa shape index (κ2) is 8.94. The van der Waals surface area contributed by atoms with Crippen molar-refractivity contribution in [1.82, 2.24) is 0 Å². The molecule has 0 spiro atoms. The van der Waals surface area contributed by atoms with Crippen molar-refractivity contribution in [2.24, 2.45) is 0 Å². The Kier molecular flexibility index (Phi) is 6.37. The lowest BCUT2D eigenvalue weighted by Gasteiger charge is -2.14. The van der Waals surface area contributed by atoms with E-state index in [0.29, 0.717) is 22.5 Å². The smallest absolute Gasteiger partial charge is 0.248 e. The zero-order valence-electron chi connectivity index (χ0n) is 16.3. The standard InChI is InChI=1S/C24H24ClNO2/c1-4-16(2)20-7-5-6-8-22(20)26-24(27)14-12-19-11-13-23(28-19)18-10-9-17(3)21(25)15-18/h5-16H,4H2,1-3H3,(H,26,27)/b14-12+/t16-/m0/s1. The Hall–Kier alpha value is -2.78. The van der Waals surface area contributed by atoms with Crippen LogP contribution in [0.3, 0.4) is 0 Å². The minimum Gasteiger partial charge on any atom is -0.457 e. The van der Waals surface area contributed by atoms with Crippen LogP contribution < -0.4 is 5.32 Å². The zero-order chi connectivity index (χ0) is 20.1. The summed E-state index contributed by atoms with van der Waals surface area (Å²) in [5.41, 5.74) is 3.91. The maximum atomic E-state index is 12.4. The van der Waals surface area contributed by atoms with Gasteiger partial charge in [-0.1, -0.05) is 55.8 Å². The molecule has 28 heavy (non-hydrogen) atoms. The third-order valence-electron chi connectivity index (χ3n) is 4.84. The van der Waals surface area contributed by atoms with Gasteiger partial charge in [-0.15, -0.1) is 0 Å². The molecule has 144 valence electrons. The van der Waals surface area contributed by atoms with Gasteiger partial charge in [-0.2, -0.15) is 0 Å². The fourth-order valence-electron chi connectivity index (χ4n) is 2.94. The van der Waals surface area contributed by atoms with E-state index in [9.17, 15) is 4.79 Å². The molecule has 1 amide bonds. The van der Waals surface area contributed by atoms with E-state index in [-0.39, 0.29) is 5.91 Å². The van der Waals surface area contributed by atoms with Crippen LogP contribution in [-0.2, 0) is 4.79 Å². The van der Waals surface area contributed by atoms with Crippen LogP contribution in [0.2, 0.25) is 5.02 Å². The molecule has 0 saturated heterocycles. The Bertz CT molecular complexity index is 1000. The number of anilines is 1. The number of hydrogen-bond donors (Lipinski definition) is 1. The van der Waals surface area contributed by atoms with E-state index in [1.54, 1.807) is 6.08 Å². The van der Waals surface area contributed by atoms with Gasteiger partial charge in [-0.25, -0.2) is 0 Å². The highest BCUT2D eigenvalue weighted by atomic mass is 35.5. The lowest BCUT2D eigenvalue weighted by atomic mass is 9.97. The third-order valence-corrected chi connectivity index (χ3v) is 5.25. The molecule has 4 heteroatoms. The maximum absolute atomic E-state index is 12.4. The van der Waals surface area contributed by atoms with Gasteiger partial charge in [0, 0.05) is 22.3 Å². The minimum absolute atomic E-state index is 0.188. The second-order valence-electron chi connectivity index (χ2n) is 6.89. The largest absolute Gasteiger partial charge is 0.457 e. The summed E-state index contributed by atoms with van der Waals surface area (Å²) in [6.07, 6.45) is 4.17. The van der Waals surface area contributed by atoms with Gasteiger partial charge in [-0.3, -0.25) is 4.79 Å². The van der Waals surface area contributed by atoms with Crippen LogP contribution in [0.5, 0.6) is 0 Å². The Morgan fingerprint density at radius 3 is 2.71 bits per heavy atom. The predicted octanol–water partition coefficient (Wildman–Crippen LogP) is 7.07. The number of hydrogen-bond acceptors (Lipinski definition) is 2. The fraction of sp³-hybridized carbons (Fsp3) is 0.208. The van der Waals surface area contributed by atoms with Gasteiger partial charge in [-0.05, 0) is 60.7 Å². The number of para-hydroxylation sites is 1. The summed E-state index contributed by atoms with van der Waals surface area (Å²) in [6, 6.07) is 17.4. The summed E-state index contributed by atoms with van der Waals surface area (Å²) in [4.78, 5) is 12.4. The quantitative estimate of drug-likeness (QED) is 0.455. The molecule has 1 heterocycles. The Labute approximate surface area is 171 Å². The molecule has 0 aliphatic heterocycles. The van der Waals surface area contributed by atoms with E-state index >= 15 is 0 Å². The molecule has 2 aromatic carbocycles. The van der Waals surface area contributed by atoms with Crippen molar-refractivity contribution in [3.8, 4) is 11.3 Å². The van der Waals surface area contributed by atoms with Crippen LogP contribution in [0, 0.1) is 6.92 Å². The number of aryl methyl sites for hydroxylation is 1. The van der Waals surface area contributed by atoms with Crippen molar-refractivity contribution in [3.63, 3.8) is 0 Å². The number of amides is 1. The highest BCUT2D eigenvalue weighted by Crippen LogP contribution is 2.28. The van der Waals surface area contributed by atoms with Crippen molar-refractivity contribution in [3.05, 3.63) is 82.6 Å². The first-order valence-electron chi connectivity index (χ1n) is 9.42. The van der Waals surface area contributed by atoms with E-state index in [1.165, 1.54) is 6.08 Å². The first-order chi connectivity index (χ1) is 13.5. The predicted molar refractivity (Wildman–Crippen MR) is 117 cm³/mol. The molecule has 1 atom stereocenters. The molecule has 0 unspecified atom stereocenters. The molecule has 0 aliphatic carbocycles. The van der Waals surface area contributed by atoms with Gasteiger partial charge in [0.2, 0.25) is 5.91 Å². The van der Waals surface area contributed by atoms with Crippen LogP contribution in [0.1, 0.15) is 43.1 Å². The number of halogens is 1. The summed E-state index contributed by atoms with van der Waals surface area (Å²) in [5.74, 6) is 1.52. The number of benzene rings is 2. The van der Waals surface area contributed by atoms with E-state index in [0.717, 1.165) is 28.8 Å². The fourth-order valence-corrected chi connectivity index (χ4v) is 3.12. The zero-order valence-corrected chi connectivity index (χ0v) is 17.1. The molecular formula is C24H24ClNO2. The topological polar surface area (TPSA) is 42.2 Å². The van der Waals surface area contributed by atoms with Gasteiger partial charge >= 0.3 is 0 Å². The van der Waals surface area contributed by atoms with E-state index in [1.807, 2.05) is 55.5 Å². The van der Waals surface area contributed by atoms with Crippen LogP contribution in [-0.4, -0.2) is 5.91 Å². The second-order valence-corrected chi connectivity index (χ2v) is 7.29. The monoisotopic (exact) mass is 393 g/mol. The van der Waals surface area contributed by atoms with Crippen LogP contribution >= 0.6 is 11.6 Å². The van der Waals surface area contributed by atoms with Crippen LogP contribution in [0.4, 0.5) is 5.69 Å². The van der Waals surface area contributed by atoms with Crippen molar-refractivity contribution in [2.45, 2.75) is 33.1 Å². The average molecular weight is 394 g/mol. The third kappa shape index (κ3) is 4.73. The van der Waals surface area contributed by atoms with Gasteiger partial charge < -0.3 is 9.73 Å². The molecule has 0 bridgehead atoms. The Morgan fingerprint density at radius 2 is 1.96 bits per heavy atom. The van der Waals surface area contributed by atoms with Gasteiger partial charge in [0.25, 0.3) is 0 Å². The van der Waals surface area contributed by atoms with E-state index in [4.69, 9.17) is 16.0 Å². The lowest BCUT2D eigenvalue weighted by molar-refractivity contribution is -0.111. The normalized spacial score (nSPS) is 12.3. The first kappa shape index (κ1) is 20.0. The highest BCUT2D eigenvalue weighted by molar-refractivity contribution is 6.31. The maximum Gasteiger partial charge on any atom is 0.248 e. The molecule has 3 aromatic rings. The summed E-state index contributed by atoms with van der Waals surface area (Å²) in [6.45, 7) is 6.25. The lowest BCUT2D eigenvalue weighted by Crippen LogP contribution is -2.10. The van der Waals surface area contributed by atoms with E-state index < -0.39 is 0 Å². The van der Waals surface area contributed by atoms with Gasteiger partial charge in [0.05, 0.1) is 0 Å². The molecule has 0 radical (unpaired) electrons. The molecule has 3 nitrogen and oxygen atoms in total. The SMILES string of the molecule is CC[C@H](C)c1ccccc1NC(=O)/C=C/c1ccc(-c2ccc(C)c(Cl)c2)o1. The molecular weight excluding hydrogens is 370 g/mol. The summed E-state index contributed by atoms with van der Waals surface area (Å²) >= 11 is 6.19. The summed E-state index contributed by atoms with van der Waals surface area (Å²) < 4.78 is 5.82. The molecule has 0 aliphatic rings. The number of carbonyl (C=O) groups excluding carboxylic acids is 1. The summed E-state index contributed by atoms with van der Waals surface area (Å²) in [5, 5.41) is 3.66. The molecule has 0 fully saturated rings. The summed E-state index contributed by atoms with van der Waals surface area (Å²) in [7, 11) is 0. The Balaban J connectivity index is 1.70.